The van der Waals surface area contributed by atoms with E-state index in [0.29, 0.717) is 34.4 Å². The van der Waals surface area contributed by atoms with Crippen LogP contribution in [0.15, 0.2) is 59.1 Å². The van der Waals surface area contributed by atoms with E-state index in [1.807, 2.05) is 6.07 Å². The molecule has 0 saturated heterocycles. The van der Waals surface area contributed by atoms with E-state index in [1.165, 1.54) is 12.1 Å². The molecule has 0 saturated carbocycles. The molecule has 4 aromatic rings. The van der Waals surface area contributed by atoms with Crippen LogP contribution in [0.25, 0.3) is 23.0 Å². The molecule has 0 aliphatic carbocycles. The Morgan fingerprint density at radius 2 is 1.69 bits per heavy atom. The van der Waals surface area contributed by atoms with Crippen molar-refractivity contribution in [3.8, 4) is 34.5 Å². The molecular weight excluding hydrogens is 377 g/mol. The summed E-state index contributed by atoms with van der Waals surface area (Å²) in [6.07, 6.45) is 0. The van der Waals surface area contributed by atoms with Gasteiger partial charge in [-0.15, -0.1) is 10.2 Å². The molecule has 4 rings (SSSR count). The number of hydrogen-bond donors (Lipinski definition) is 1. The van der Waals surface area contributed by atoms with E-state index in [4.69, 9.17) is 14.0 Å². The van der Waals surface area contributed by atoms with Crippen molar-refractivity contribution in [3.63, 3.8) is 0 Å². The highest BCUT2D eigenvalue weighted by Crippen LogP contribution is 2.31. The zero-order valence-electron chi connectivity index (χ0n) is 15.6. The van der Waals surface area contributed by atoms with Crippen LogP contribution >= 0.6 is 0 Å². The second kappa shape index (κ2) is 7.93. The Balaban J connectivity index is 1.50. The summed E-state index contributed by atoms with van der Waals surface area (Å²) < 4.78 is 28.8. The smallest absolute Gasteiger partial charge is 0.278 e. The van der Waals surface area contributed by atoms with Gasteiger partial charge >= 0.3 is 0 Å². The molecule has 0 atom stereocenters. The molecule has 8 nitrogen and oxygen atoms in total. The van der Waals surface area contributed by atoms with Crippen LogP contribution in [0.3, 0.4) is 0 Å². The number of halogens is 1. The highest BCUT2D eigenvalue weighted by molar-refractivity contribution is 5.62. The van der Waals surface area contributed by atoms with E-state index in [-0.39, 0.29) is 11.7 Å². The van der Waals surface area contributed by atoms with Gasteiger partial charge in [-0.25, -0.2) is 4.39 Å². The molecule has 0 spiro atoms. The Labute approximate surface area is 165 Å². The number of ether oxygens (including phenoxy) is 2. The predicted octanol–water partition coefficient (Wildman–Crippen LogP) is 4.09. The van der Waals surface area contributed by atoms with Crippen molar-refractivity contribution >= 4 is 11.5 Å². The molecule has 2 heterocycles. The van der Waals surface area contributed by atoms with Gasteiger partial charge < -0.3 is 19.3 Å². The summed E-state index contributed by atoms with van der Waals surface area (Å²) in [5, 5.41) is 15.3. The highest BCUT2D eigenvalue weighted by Gasteiger charge is 2.13. The first-order valence-corrected chi connectivity index (χ1v) is 8.59. The third-order valence-electron chi connectivity index (χ3n) is 4.07. The lowest BCUT2D eigenvalue weighted by molar-refractivity contribution is 0.355. The maximum absolute atomic E-state index is 13.0. The number of benzene rings is 2. The molecule has 9 heteroatoms. The number of nitrogens with one attached hydrogen (secondary N) is 1. The van der Waals surface area contributed by atoms with Crippen molar-refractivity contribution in [3.05, 3.63) is 60.4 Å². The fraction of sp³-hybridized carbons (Fsp3) is 0.100. The summed E-state index contributed by atoms with van der Waals surface area (Å²) in [6, 6.07) is 14.7. The zero-order chi connectivity index (χ0) is 20.2. The maximum Gasteiger partial charge on any atom is 0.278 e. The number of rotatable bonds is 6. The van der Waals surface area contributed by atoms with E-state index < -0.39 is 0 Å². The Morgan fingerprint density at radius 3 is 2.38 bits per heavy atom. The average molecular weight is 393 g/mol. The molecule has 0 aliphatic heterocycles. The number of methoxy groups -OCH3 is 2. The number of aromatic nitrogens is 4. The van der Waals surface area contributed by atoms with Crippen LogP contribution in [-0.4, -0.2) is 34.6 Å². The third-order valence-corrected chi connectivity index (χ3v) is 4.07. The van der Waals surface area contributed by atoms with Crippen molar-refractivity contribution in [2.45, 2.75) is 0 Å². The van der Waals surface area contributed by atoms with E-state index in [1.54, 1.807) is 50.6 Å². The Bertz CT molecular complexity index is 1110. The van der Waals surface area contributed by atoms with Crippen molar-refractivity contribution in [1.82, 2.24) is 20.3 Å². The van der Waals surface area contributed by atoms with E-state index in [0.717, 1.165) is 5.69 Å². The maximum atomic E-state index is 13.0. The average Bonchev–Trinajstić information content (AvgIpc) is 3.25. The molecule has 0 unspecified atom stereocenters. The first kappa shape index (κ1) is 18.4. The van der Waals surface area contributed by atoms with Gasteiger partial charge in [-0.1, -0.05) is 5.16 Å². The molecule has 146 valence electrons. The summed E-state index contributed by atoms with van der Waals surface area (Å²) in [6.45, 7) is 0. The first-order valence-electron chi connectivity index (χ1n) is 8.59. The van der Waals surface area contributed by atoms with Gasteiger partial charge in [0.15, 0.2) is 23.0 Å². The number of nitrogens with zero attached hydrogens (tertiary/aromatic N) is 4. The van der Waals surface area contributed by atoms with Gasteiger partial charge in [0.25, 0.3) is 5.89 Å². The molecule has 0 amide bonds. The molecule has 0 fully saturated rings. The fourth-order valence-corrected chi connectivity index (χ4v) is 2.62. The summed E-state index contributed by atoms with van der Waals surface area (Å²) >= 11 is 0. The van der Waals surface area contributed by atoms with Gasteiger partial charge in [0.2, 0.25) is 5.82 Å². The van der Waals surface area contributed by atoms with Crippen LogP contribution in [0.4, 0.5) is 15.9 Å². The standard InChI is InChI=1S/C20H16FN5O3/c1-27-16-9-7-14(11-17(16)28-2)22-18-10-8-15(24-25-18)20-23-19(26-29-20)12-3-5-13(21)6-4-12/h3-11H,1-2H3,(H,22,25). The molecule has 2 aromatic heterocycles. The van der Waals surface area contributed by atoms with E-state index >= 15 is 0 Å². The third kappa shape index (κ3) is 3.98. The molecule has 2 aromatic carbocycles. The molecule has 0 radical (unpaired) electrons. The molecular formula is C20H16FN5O3. The normalized spacial score (nSPS) is 10.6. The SMILES string of the molecule is COc1ccc(Nc2ccc(-c3nc(-c4ccc(F)cc4)no3)nn2)cc1OC. The minimum atomic E-state index is -0.332. The monoisotopic (exact) mass is 393 g/mol. The highest BCUT2D eigenvalue weighted by atomic mass is 19.1. The largest absolute Gasteiger partial charge is 0.493 e. The van der Waals surface area contributed by atoms with Crippen LogP contribution in [0.1, 0.15) is 0 Å². The van der Waals surface area contributed by atoms with E-state index in [2.05, 4.69) is 25.7 Å². The summed E-state index contributed by atoms with van der Waals surface area (Å²) in [5.74, 6) is 1.98. The minimum Gasteiger partial charge on any atom is -0.493 e. The van der Waals surface area contributed by atoms with Crippen molar-refractivity contribution in [1.29, 1.82) is 0 Å². The van der Waals surface area contributed by atoms with Gasteiger partial charge in [-0.2, -0.15) is 4.98 Å². The molecule has 1 N–H and O–H groups in total. The zero-order valence-corrected chi connectivity index (χ0v) is 15.6. The van der Waals surface area contributed by atoms with Crippen LogP contribution in [0, 0.1) is 5.82 Å². The first-order chi connectivity index (χ1) is 14.2. The van der Waals surface area contributed by atoms with Crippen molar-refractivity contribution in [2.24, 2.45) is 0 Å². The topological polar surface area (TPSA) is 95.2 Å². The van der Waals surface area contributed by atoms with Crippen LogP contribution in [-0.2, 0) is 0 Å². The summed E-state index contributed by atoms with van der Waals surface area (Å²) in [7, 11) is 3.15. The van der Waals surface area contributed by atoms with Crippen LogP contribution < -0.4 is 14.8 Å². The van der Waals surface area contributed by atoms with Gasteiger partial charge in [-0.05, 0) is 48.5 Å². The summed E-state index contributed by atoms with van der Waals surface area (Å²) in [4.78, 5) is 4.28. The van der Waals surface area contributed by atoms with Crippen molar-refractivity contribution in [2.75, 3.05) is 19.5 Å². The van der Waals surface area contributed by atoms with Gasteiger partial charge in [-0.3, -0.25) is 0 Å². The second-order valence-electron chi connectivity index (χ2n) is 5.93. The van der Waals surface area contributed by atoms with Crippen molar-refractivity contribution < 1.29 is 18.4 Å². The fourth-order valence-electron chi connectivity index (χ4n) is 2.62. The molecule has 29 heavy (non-hydrogen) atoms. The summed E-state index contributed by atoms with van der Waals surface area (Å²) in [5.41, 5.74) is 1.82. The Hall–Kier alpha value is -4.01. The van der Waals surface area contributed by atoms with Crippen LogP contribution in [0.2, 0.25) is 0 Å². The quantitative estimate of drug-likeness (QED) is 0.523. The Kier molecular flexibility index (Phi) is 5.02. The second-order valence-corrected chi connectivity index (χ2v) is 5.93. The predicted molar refractivity (Wildman–Crippen MR) is 104 cm³/mol. The minimum absolute atomic E-state index is 0.217. The number of anilines is 2. The Morgan fingerprint density at radius 1 is 0.897 bits per heavy atom. The van der Waals surface area contributed by atoms with Gasteiger partial charge in [0.05, 0.1) is 14.2 Å². The molecule has 0 bridgehead atoms. The lowest BCUT2D eigenvalue weighted by atomic mass is 10.2. The lowest BCUT2D eigenvalue weighted by Crippen LogP contribution is -1.98. The number of hydrogen-bond acceptors (Lipinski definition) is 8. The lowest BCUT2D eigenvalue weighted by Gasteiger charge is -2.10. The van der Waals surface area contributed by atoms with Crippen LogP contribution in [0.5, 0.6) is 11.5 Å². The van der Waals surface area contributed by atoms with Gasteiger partial charge in [0, 0.05) is 17.3 Å². The molecule has 0 aliphatic rings. The van der Waals surface area contributed by atoms with Gasteiger partial charge in [0.1, 0.15) is 5.82 Å². The van der Waals surface area contributed by atoms with E-state index in [9.17, 15) is 4.39 Å².